The first-order valence-corrected chi connectivity index (χ1v) is 7.77. The van der Waals surface area contributed by atoms with Crippen molar-refractivity contribution in [1.82, 2.24) is 14.3 Å². The summed E-state index contributed by atoms with van der Waals surface area (Å²) in [6, 6.07) is 1.05. The van der Waals surface area contributed by atoms with E-state index in [1.54, 1.807) is 6.92 Å². The first-order chi connectivity index (χ1) is 8.38. The van der Waals surface area contributed by atoms with Crippen molar-refractivity contribution in [2.45, 2.75) is 32.2 Å². The Hall–Kier alpha value is -1.21. The van der Waals surface area contributed by atoms with E-state index in [9.17, 15) is 13.2 Å². The zero-order valence-corrected chi connectivity index (χ0v) is 11.3. The average molecular weight is 271 g/mol. The lowest BCUT2D eigenvalue weighted by molar-refractivity contribution is 0.247. The minimum absolute atomic E-state index is 0.239. The first kappa shape index (κ1) is 13.2. The van der Waals surface area contributed by atoms with E-state index in [-0.39, 0.29) is 11.6 Å². The molecule has 1 aromatic rings. The fourth-order valence-electron chi connectivity index (χ4n) is 2.34. The number of hydrogen-bond donors (Lipinski definition) is 1. The summed E-state index contributed by atoms with van der Waals surface area (Å²) in [5.41, 5.74) is 0.365. The predicted molar refractivity (Wildman–Crippen MR) is 67.7 cm³/mol. The Morgan fingerprint density at radius 2 is 2.17 bits per heavy atom. The molecule has 1 saturated heterocycles. The van der Waals surface area contributed by atoms with Crippen LogP contribution in [0.4, 0.5) is 0 Å². The molecule has 1 fully saturated rings. The molecule has 0 aliphatic carbocycles. The summed E-state index contributed by atoms with van der Waals surface area (Å²) in [6.45, 7) is 2.22. The molecule has 1 N–H and O–H groups in total. The van der Waals surface area contributed by atoms with Crippen LogP contribution in [0.5, 0.6) is 0 Å². The van der Waals surface area contributed by atoms with E-state index < -0.39 is 10.0 Å². The van der Waals surface area contributed by atoms with E-state index in [2.05, 4.69) is 9.97 Å². The molecule has 0 radical (unpaired) electrons. The van der Waals surface area contributed by atoms with Crippen molar-refractivity contribution < 1.29 is 8.42 Å². The zero-order valence-electron chi connectivity index (χ0n) is 10.5. The molecule has 18 heavy (non-hydrogen) atoms. The van der Waals surface area contributed by atoms with Gasteiger partial charge in [0.25, 0.3) is 5.56 Å². The Kier molecular flexibility index (Phi) is 3.54. The van der Waals surface area contributed by atoms with E-state index in [4.69, 9.17) is 0 Å². The second-order valence-corrected chi connectivity index (χ2v) is 6.59. The van der Waals surface area contributed by atoms with E-state index in [1.165, 1.54) is 16.6 Å². The Balaban J connectivity index is 2.43. The van der Waals surface area contributed by atoms with Crippen LogP contribution in [-0.4, -0.2) is 35.5 Å². The van der Waals surface area contributed by atoms with E-state index in [0.717, 1.165) is 12.8 Å². The van der Waals surface area contributed by atoms with Crippen LogP contribution in [0.25, 0.3) is 0 Å². The lowest BCUT2D eigenvalue weighted by Gasteiger charge is -2.32. The SMILES string of the molecule is Cc1cc(=O)[nH]c([C@@H]2CCCCN2S(C)(=O)=O)n1. The Morgan fingerprint density at radius 3 is 2.78 bits per heavy atom. The van der Waals surface area contributed by atoms with Crippen molar-refractivity contribution in [2.24, 2.45) is 0 Å². The number of aromatic amines is 1. The maximum Gasteiger partial charge on any atom is 0.251 e. The number of piperidine rings is 1. The summed E-state index contributed by atoms with van der Waals surface area (Å²) in [5.74, 6) is 0.449. The molecule has 6 nitrogen and oxygen atoms in total. The van der Waals surface area contributed by atoms with Gasteiger partial charge in [-0.15, -0.1) is 0 Å². The molecule has 0 saturated carbocycles. The molecular weight excluding hydrogens is 254 g/mol. The van der Waals surface area contributed by atoms with Gasteiger partial charge in [-0.3, -0.25) is 4.79 Å². The fraction of sp³-hybridized carbons (Fsp3) is 0.636. The van der Waals surface area contributed by atoms with Gasteiger partial charge < -0.3 is 4.98 Å². The zero-order chi connectivity index (χ0) is 13.3. The normalized spacial score (nSPS) is 22.0. The summed E-state index contributed by atoms with van der Waals surface area (Å²) in [6.07, 6.45) is 3.67. The average Bonchev–Trinajstić information content (AvgIpc) is 2.26. The predicted octanol–water partition coefficient (Wildman–Crippen LogP) is 0.565. The number of hydrogen-bond acceptors (Lipinski definition) is 4. The standard InChI is InChI=1S/C11H17N3O3S/c1-8-7-10(15)13-11(12-8)9-5-3-4-6-14(9)18(2,16)17/h7,9H,3-6H2,1-2H3,(H,12,13,15)/t9-/m0/s1. The number of nitrogens with one attached hydrogen (secondary N) is 1. The number of aromatic nitrogens is 2. The molecule has 0 unspecified atom stereocenters. The number of nitrogens with zero attached hydrogens (tertiary/aromatic N) is 2. The van der Waals surface area contributed by atoms with E-state index in [1.807, 2.05) is 0 Å². The van der Waals surface area contributed by atoms with Crippen LogP contribution >= 0.6 is 0 Å². The van der Waals surface area contributed by atoms with Crippen molar-refractivity contribution in [1.29, 1.82) is 0 Å². The van der Waals surface area contributed by atoms with Crippen LogP contribution in [-0.2, 0) is 10.0 Å². The number of aryl methyl sites for hydroxylation is 1. The molecule has 1 aliphatic rings. The highest BCUT2D eigenvalue weighted by Gasteiger charge is 2.32. The van der Waals surface area contributed by atoms with Crippen LogP contribution in [0.3, 0.4) is 0 Å². The molecular formula is C11H17N3O3S. The second kappa shape index (κ2) is 4.81. The van der Waals surface area contributed by atoms with Crippen molar-refractivity contribution in [2.75, 3.05) is 12.8 Å². The van der Waals surface area contributed by atoms with Crippen LogP contribution < -0.4 is 5.56 Å². The third-order valence-corrected chi connectivity index (χ3v) is 4.37. The van der Waals surface area contributed by atoms with Gasteiger partial charge in [-0.25, -0.2) is 13.4 Å². The highest BCUT2D eigenvalue weighted by molar-refractivity contribution is 7.88. The van der Waals surface area contributed by atoms with Gasteiger partial charge in [0, 0.05) is 18.3 Å². The van der Waals surface area contributed by atoms with Gasteiger partial charge in [-0.05, 0) is 19.8 Å². The van der Waals surface area contributed by atoms with Crippen molar-refractivity contribution in [3.8, 4) is 0 Å². The topological polar surface area (TPSA) is 83.1 Å². The minimum atomic E-state index is -3.28. The van der Waals surface area contributed by atoms with Gasteiger partial charge in [0.2, 0.25) is 10.0 Å². The lowest BCUT2D eigenvalue weighted by Crippen LogP contribution is -2.39. The van der Waals surface area contributed by atoms with Gasteiger partial charge in [-0.2, -0.15) is 4.31 Å². The highest BCUT2D eigenvalue weighted by atomic mass is 32.2. The molecule has 2 rings (SSSR count). The maximum absolute atomic E-state index is 11.7. The largest absolute Gasteiger partial charge is 0.309 e. The summed E-state index contributed by atoms with van der Waals surface area (Å²) in [7, 11) is -3.28. The molecule has 0 bridgehead atoms. The van der Waals surface area contributed by atoms with Crippen molar-refractivity contribution in [3.63, 3.8) is 0 Å². The maximum atomic E-state index is 11.7. The molecule has 2 heterocycles. The van der Waals surface area contributed by atoms with E-state index >= 15 is 0 Å². The summed E-state index contributed by atoms with van der Waals surface area (Å²) >= 11 is 0. The van der Waals surface area contributed by atoms with Gasteiger partial charge in [-0.1, -0.05) is 6.42 Å². The summed E-state index contributed by atoms with van der Waals surface area (Å²) < 4.78 is 24.9. The molecule has 0 amide bonds. The number of rotatable bonds is 2. The van der Waals surface area contributed by atoms with Crippen LogP contribution in [0.1, 0.15) is 36.8 Å². The summed E-state index contributed by atoms with van der Waals surface area (Å²) in [4.78, 5) is 18.4. The van der Waals surface area contributed by atoms with Crippen LogP contribution in [0.15, 0.2) is 10.9 Å². The molecule has 1 aromatic heterocycles. The Bertz CT molecular complexity index is 594. The Labute approximate surface area is 106 Å². The van der Waals surface area contributed by atoms with Gasteiger partial charge in [0.1, 0.15) is 5.82 Å². The van der Waals surface area contributed by atoms with Gasteiger partial charge in [0.15, 0.2) is 0 Å². The monoisotopic (exact) mass is 271 g/mol. The smallest absolute Gasteiger partial charge is 0.251 e. The second-order valence-electron chi connectivity index (χ2n) is 4.66. The quantitative estimate of drug-likeness (QED) is 0.852. The molecule has 1 aliphatic heterocycles. The van der Waals surface area contributed by atoms with Crippen LogP contribution in [0, 0.1) is 6.92 Å². The molecule has 0 spiro atoms. The number of sulfonamides is 1. The van der Waals surface area contributed by atoms with Crippen LogP contribution in [0.2, 0.25) is 0 Å². The highest BCUT2D eigenvalue weighted by Crippen LogP contribution is 2.30. The summed E-state index contributed by atoms with van der Waals surface area (Å²) in [5, 5.41) is 0. The molecule has 100 valence electrons. The third kappa shape index (κ3) is 2.78. The fourth-order valence-corrected chi connectivity index (χ4v) is 3.46. The minimum Gasteiger partial charge on any atom is -0.309 e. The number of H-pyrrole nitrogens is 1. The van der Waals surface area contributed by atoms with Gasteiger partial charge in [0.05, 0.1) is 12.3 Å². The molecule has 0 aromatic carbocycles. The Morgan fingerprint density at radius 1 is 1.44 bits per heavy atom. The van der Waals surface area contributed by atoms with E-state index in [0.29, 0.717) is 24.5 Å². The first-order valence-electron chi connectivity index (χ1n) is 5.92. The molecule has 7 heteroatoms. The lowest BCUT2D eigenvalue weighted by atomic mass is 10.0. The molecule has 1 atom stereocenters. The third-order valence-electron chi connectivity index (χ3n) is 3.08. The van der Waals surface area contributed by atoms with Gasteiger partial charge >= 0.3 is 0 Å². The van der Waals surface area contributed by atoms with Crippen molar-refractivity contribution >= 4 is 10.0 Å². The van der Waals surface area contributed by atoms with Crippen molar-refractivity contribution in [3.05, 3.63) is 27.9 Å².